The SMILES string of the molecule is Cc1ccc(N)c(N2CCCOC2=O)c1. The van der Waals surface area contributed by atoms with Crippen molar-refractivity contribution in [2.75, 3.05) is 23.8 Å². The van der Waals surface area contributed by atoms with E-state index in [1.807, 2.05) is 25.1 Å². The Balaban J connectivity index is 2.34. The summed E-state index contributed by atoms with van der Waals surface area (Å²) in [6.07, 6.45) is 0.539. The summed E-state index contributed by atoms with van der Waals surface area (Å²) in [6, 6.07) is 5.64. The molecule has 4 nitrogen and oxygen atoms in total. The Morgan fingerprint density at radius 2 is 2.27 bits per heavy atom. The Hall–Kier alpha value is -1.71. The van der Waals surface area contributed by atoms with Crippen LogP contribution in [0.25, 0.3) is 0 Å². The summed E-state index contributed by atoms with van der Waals surface area (Å²) in [5.41, 5.74) is 8.27. The largest absolute Gasteiger partial charge is 0.449 e. The van der Waals surface area contributed by atoms with Crippen LogP contribution in [0.1, 0.15) is 12.0 Å². The Bertz CT molecular complexity index is 390. The van der Waals surface area contributed by atoms with Gasteiger partial charge in [0.25, 0.3) is 0 Å². The van der Waals surface area contributed by atoms with E-state index in [1.54, 1.807) is 4.90 Å². The minimum absolute atomic E-state index is 0.307. The van der Waals surface area contributed by atoms with E-state index in [1.165, 1.54) is 0 Å². The number of carbonyl (C=O) groups is 1. The first-order valence-electron chi connectivity index (χ1n) is 4.99. The first kappa shape index (κ1) is 9.83. The number of aryl methyl sites for hydroxylation is 1. The van der Waals surface area contributed by atoms with Gasteiger partial charge >= 0.3 is 6.09 Å². The molecule has 1 aliphatic heterocycles. The van der Waals surface area contributed by atoms with Gasteiger partial charge in [-0.1, -0.05) is 6.07 Å². The lowest BCUT2D eigenvalue weighted by Gasteiger charge is -2.27. The first-order chi connectivity index (χ1) is 7.18. The van der Waals surface area contributed by atoms with Crippen molar-refractivity contribution < 1.29 is 9.53 Å². The fourth-order valence-electron chi connectivity index (χ4n) is 1.66. The summed E-state index contributed by atoms with van der Waals surface area (Å²) in [7, 11) is 0. The molecular weight excluding hydrogens is 192 g/mol. The average molecular weight is 206 g/mol. The van der Waals surface area contributed by atoms with E-state index in [-0.39, 0.29) is 6.09 Å². The van der Waals surface area contributed by atoms with Gasteiger partial charge in [-0.3, -0.25) is 4.90 Å². The number of nitrogen functional groups attached to an aromatic ring is 1. The van der Waals surface area contributed by atoms with Gasteiger partial charge in [-0.2, -0.15) is 0 Å². The molecular formula is C11H14N2O2. The minimum Gasteiger partial charge on any atom is -0.449 e. The molecule has 0 aliphatic carbocycles. The average Bonchev–Trinajstić information content (AvgIpc) is 2.23. The van der Waals surface area contributed by atoms with E-state index < -0.39 is 0 Å². The topological polar surface area (TPSA) is 55.6 Å². The van der Waals surface area contributed by atoms with E-state index >= 15 is 0 Å². The normalized spacial score (nSPS) is 16.3. The highest BCUT2D eigenvalue weighted by molar-refractivity contribution is 5.92. The van der Waals surface area contributed by atoms with E-state index in [4.69, 9.17) is 10.5 Å². The molecule has 0 atom stereocenters. The van der Waals surface area contributed by atoms with E-state index in [0.717, 1.165) is 17.7 Å². The van der Waals surface area contributed by atoms with Gasteiger partial charge in [0.1, 0.15) is 0 Å². The van der Waals surface area contributed by atoms with Crippen LogP contribution in [0.5, 0.6) is 0 Å². The van der Waals surface area contributed by atoms with Crippen molar-refractivity contribution >= 4 is 17.5 Å². The predicted molar refractivity (Wildman–Crippen MR) is 58.9 cm³/mol. The van der Waals surface area contributed by atoms with Gasteiger partial charge in [-0.15, -0.1) is 0 Å². The molecule has 2 rings (SSSR count). The maximum Gasteiger partial charge on any atom is 0.414 e. The standard InChI is InChI=1S/C11H14N2O2/c1-8-3-4-9(12)10(7-8)13-5-2-6-15-11(13)14/h3-4,7H,2,5-6,12H2,1H3. The summed E-state index contributed by atoms with van der Waals surface area (Å²) in [5.74, 6) is 0. The maximum absolute atomic E-state index is 11.5. The molecule has 0 bridgehead atoms. The molecule has 1 saturated heterocycles. The zero-order valence-corrected chi connectivity index (χ0v) is 8.69. The molecule has 15 heavy (non-hydrogen) atoms. The van der Waals surface area contributed by atoms with Crippen LogP contribution < -0.4 is 10.6 Å². The number of hydrogen-bond donors (Lipinski definition) is 1. The highest BCUT2D eigenvalue weighted by Crippen LogP contribution is 2.26. The summed E-state index contributed by atoms with van der Waals surface area (Å²) in [4.78, 5) is 13.1. The lowest BCUT2D eigenvalue weighted by molar-refractivity contribution is 0.140. The van der Waals surface area contributed by atoms with Crippen molar-refractivity contribution in [1.82, 2.24) is 0 Å². The van der Waals surface area contributed by atoms with Gasteiger partial charge in [0, 0.05) is 6.54 Å². The van der Waals surface area contributed by atoms with Crippen molar-refractivity contribution in [3.05, 3.63) is 23.8 Å². The molecule has 1 amide bonds. The smallest absolute Gasteiger partial charge is 0.414 e. The molecule has 0 unspecified atom stereocenters. The van der Waals surface area contributed by atoms with Crippen LogP contribution in [0.2, 0.25) is 0 Å². The summed E-state index contributed by atoms with van der Waals surface area (Å²) in [6.45, 7) is 3.14. The predicted octanol–water partition coefficient (Wildman–Crippen LogP) is 1.92. The lowest BCUT2D eigenvalue weighted by Crippen LogP contribution is -2.38. The second kappa shape index (κ2) is 3.81. The van der Waals surface area contributed by atoms with Crippen LogP contribution in [-0.2, 0) is 4.74 Å². The van der Waals surface area contributed by atoms with Gasteiger partial charge in [-0.05, 0) is 31.0 Å². The zero-order chi connectivity index (χ0) is 10.8. The molecule has 1 heterocycles. The van der Waals surface area contributed by atoms with Crippen molar-refractivity contribution in [1.29, 1.82) is 0 Å². The van der Waals surface area contributed by atoms with Crippen LogP contribution >= 0.6 is 0 Å². The maximum atomic E-state index is 11.5. The van der Waals surface area contributed by atoms with Crippen LogP contribution in [0.4, 0.5) is 16.2 Å². The van der Waals surface area contributed by atoms with Gasteiger partial charge in [0.2, 0.25) is 0 Å². The van der Waals surface area contributed by atoms with E-state index in [9.17, 15) is 4.79 Å². The van der Waals surface area contributed by atoms with Gasteiger partial charge in [0.15, 0.2) is 0 Å². The Morgan fingerprint density at radius 3 is 3.00 bits per heavy atom. The number of anilines is 2. The summed E-state index contributed by atoms with van der Waals surface area (Å²) >= 11 is 0. The van der Waals surface area contributed by atoms with Crippen LogP contribution in [0.15, 0.2) is 18.2 Å². The molecule has 1 aromatic carbocycles. The Kier molecular flexibility index (Phi) is 2.49. The number of benzene rings is 1. The molecule has 1 aromatic rings. The van der Waals surface area contributed by atoms with Crippen LogP contribution in [-0.4, -0.2) is 19.2 Å². The monoisotopic (exact) mass is 206 g/mol. The molecule has 0 aromatic heterocycles. The number of hydrogen-bond acceptors (Lipinski definition) is 3. The van der Waals surface area contributed by atoms with Gasteiger partial charge in [0.05, 0.1) is 18.0 Å². The zero-order valence-electron chi connectivity index (χ0n) is 8.69. The first-order valence-corrected chi connectivity index (χ1v) is 4.99. The van der Waals surface area contributed by atoms with Crippen molar-refractivity contribution in [3.63, 3.8) is 0 Å². The van der Waals surface area contributed by atoms with Crippen LogP contribution in [0, 0.1) is 6.92 Å². The highest BCUT2D eigenvalue weighted by Gasteiger charge is 2.22. The fourth-order valence-corrected chi connectivity index (χ4v) is 1.66. The molecule has 80 valence electrons. The van der Waals surface area contributed by atoms with E-state index in [0.29, 0.717) is 18.8 Å². The molecule has 4 heteroatoms. The van der Waals surface area contributed by atoms with E-state index in [2.05, 4.69) is 0 Å². The Labute approximate surface area is 88.6 Å². The lowest BCUT2D eigenvalue weighted by atomic mass is 10.1. The summed E-state index contributed by atoms with van der Waals surface area (Å²) in [5, 5.41) is 0. The number of nitrogens with zero attached hydrogens (tertiary/aromatic N) is 1. The third-order valence-electron chi connectivity index (χ3n) is 2.45. The minimum atomic E-state index is -0.307. The van der Waals surface area contributed by atoms with Crippen molar-refractivity contribution in [2.45, 2.75) is 13.3 Å². The number of ether oxygens (including phenoxy) is 1. The van der Waals surface area contributed by atoms with Gasteiger partial charge < -0.3 is 10.5 Å². The number of amides is 1. The number of carbonyl (C=O) groups excluding carboxylic acids is 1. The second-order valence-corrected chi connectivity index (χ2v) is 3.68. The quantitative estimate of drug-likeness (QED) is 0.714. The third-order valence-corrected chi connectivity index (χ3v) is 2.45. The fraction of sp³-hybridized carbons (Fsp3) is 0.364. The number of cyclic esters (lactones) is 1. The van der Waals surface area contributed by atoms with Crippen molar-refractivity contribution in [3.8, 4) is 0 Å². The van der Waals surface area contributed by atoms with Gasteiger partial charge in [-0.25, -0.2) is 4.79 Å². The highest BCUT2D eigenvalue weighted by atomic mass is 16.6. The summed E-state index contributed by atoms with van der Waals surface area (Å²) < 4.78 is 4.97. The molecule has 0 saturated carbocycles. The molecule has 1 fully saturated rings. The molecule has 1 aliphatic rings. The number of nitrogens with two attached hydrogens (primary N) is 1. The second-order valence-electron chi connectivity index (χ2n) is 3.68. The Morgan fingerprint density at radius 1 is 1.47 bits per heavy atom. The molecule has 0 spiro atoms. The molecule has 2 N–H and O–H groups in total. The molecule has 0 radical (unpaired) electrons. The van der Waals surface area contributed by atoms with Crippen LogP contribution in [0.3, 0.4) is 0 Å². The number of rotatable bonds is 1. The van der Waals surface area contributed by atoms with Crippen molar-refractivity contribution in [2.24, 2.45) is 0 Å². The third kappa shape index (κ3) is 1.88.